The molecule has 0 aliphatic carbocycles. The van der Waals surface area contributed by atoms with Crippen LogP contribution in [0.15, 0.2) is 42.5 Å². The van der Waals surface area contributed by atoms with Gasteiger partial charge in [-0.25, -0.2) is 0 Å². The normalized spacial score (nSPS) is 11.7. The van der Waals surface area contributed by atoms with Crippen molar-refractivity contribution in [1.82, 2.24) is 5.32 Å². The molecule has 2 aromatic carbocycles. The van der Waals surface area contributed by atoms with Crippen LogP contribution in [0, 0.1) is 17.0 Å². The lowest BCUT2D eigenvalue weighted by Crippen LogP contribution is -2.28. The van der Waals surface area contributed by atoms with Crippen LogP contribution in [0.2, 0.25) is 0 Å². The first-order chi connectivity index (χ1) is 10.9. The van der Waals surface area contributed by atoms with Gasteiger partial charge in [-0.05, 0) is 31.0 Å². The van der Waals surface area contributed by atoms with Crippen molar-refractivity contribution in [3.05, 3.63) is 69.3 Å². The minimum absolute atomic E-state index is 0.166. The lowest BCUT2D eigenvalue weighted by molar-refractivity contribution is -0.385. The van der Waals surface area contributed by atoms with Gasteiger partial charge in [0, 0.05) is 11.6 Å². The van der Waals surface area contributed by atoms with Crippen LogP contribution in [0.4, 0.5) is 5.69 Å². The summed E-state index contributed by atoms with van der Waals surface area (Å²) in [5.41, 5.74) is 1.87. The molecule has 0 aliphatic rings. The van der Waals surface area contributed by atoms with Gasteiger partial charge in [0.2, 0.25) is 0 Å². The van der Waals surface area contributed by atoms with E-state index in [1.807, 2.05) is 38.1 Å². The first-order valence-corrected chi connectivity index (χ1v) is 7.27. The van der Waals surface area contributed by atoms with Crippen molar-refractivity contribution in [2.24, 2.45) is 0 Å². The fourth-order valence-electron chi connectivity index (χ4n) is 2.28. The highest BCUT2D eigenvalue weighted by molar-refractivity contribution is 5.95. The molecule has 0 heterocycles. The van der Waals surface area contributed by atoms with Gasteiger partial charge in [0.05, 0.1) is 11.0 Å². The molecule has 23 heavy (non-hydrogen) atoms. The maximum atomic E-state index is 12.3. The van der Waals surface area contributed by atoms with Gasteiger partial charge in [0.25, 0.3) is 5.91 Å². The number of nitro benzene ring substituents is 1. The summed E-state index contributed by atoms with van der Waals surface area (Å²) < 4.78 is 0. The molecule has 2 aromatic rings. The van der Waals surface area contributed by atoms with Crippen LogP contribution in [0.3, 0.4) is 0 Å². The van der Waals surface area contributed by atoms with Crippen LogP contribution >= 0.6 is 0 Å². The predicted molar refractivity (Wildman–Crippen MR) is 86.4 cm³/mol. The van der Waals surface area contributed by atoms with E-state index in [0.29, 0.717) is 6.42 Å². The molecule has 120 valence electrons. The first-order valence-electron chi connectivity index (χ1n) is 7.27. The second kappa shape index (κ2) is 6.91. The molecule has 1 atom stereocenters. The molecule has 0 saturated carbocycles. The predicted octanol–water partition coefficient (Wildman–Crippen LogP) is 3.49. The molecule has 6 nitrogen and oxygen atoms in total. The van der Waals surface area contributed by atoms with Crippen LogP contribution in [-0.4, -0.2) is 15.9 Å². The zero-order valence-electron chi connectivity index (χ0n) is 12.9. The van der Waals surface area contributed by atoms with E-state index in [9.17, 15) is 20.0 Å². The van der Waals surface area contributed by atoms with Crippen molar-refractivity contribution >= 4 is 11.6 Å². The Hall–Kier alpha value is -2.89. The fraction of sp³-hybridized carbons (Fsp3) is 0.235. The van der Waals surface area contributed by atoms with Crippen molar-refractivity contribution in [2.45, 2.75) is 26.3 Å². The minimum atomic E-state index is -0.696. The standard InChI is InChI=1S/C17H18N2O4/c1-3-14(12-6-4-11(2)5-7-12)18-17(21)13-8-9-15(19(22)23)16(20)10-13/h4-10,14,20H,3H2,1-2H3,(H,18,21)/t14-/m0/s1. The highest BCUT2D eigenvalue weighted by Gasteiger charge is 2.18. The molecule has 0 saturated heterocycles. The van der Waals surface area contributed by atoms with Gasteiger partial charge < -0.3 is 10.4 Å². The Balaban J connectivity index is 2.18. The Kier molecular flexibility index (Phi) is 4.95. The van der Waals surface area contributed by atoms with E-state index in [-0.39, 0.29) is 17.5 Å². The summed E-state index contributed by atoms with van der Waals surface area (Å²) in [4.78, 5) is 22.3. The topological polar surface area (TPSA) is 92.5 Å². The number of hydrogen-bond acceptors (Lipinski definition) is 4. The van der Waals surface area contributed by atoms with Gasteiger partial charge in [-0.1, -0.05) is 36.8 Å². The van der Waals surface area contributed by atoms with Crippen LogP contribution in [0.5, 0.6) is 5.75 Å². The van der Waals surface area contributed by atoms with E-state index in [1.165, 1.54) is 6.07 Å². The largest absolute Gasteiger partial charge is 0.502 e. The fourth-order valence-corrected chi connectivity index (χ4v) is 2.28. The Bertz CT molecular complexity index is 726. The Morgan fingerprint density at radius 1 is 1.26 bits per heavy atom. The Morgan fingerprint density at radius 3 is 2.43 bits per heavy atom. The van der Waals surface area contributed by atoms with E-state index in [1.54, 1.807) is 0 Å². The summed E-state index contributed by atoms with van der Waals surface area (Å²) in [5, 5.41) is 23.2. The summed E-state index contributed by atoms with van der Waals surface area (Å²) in [6.07, 6.45) is 0.702. The van der Waals surface area contributed by atoms with E-state index in [2.05, 4.69) is 5.32 Å². The molecular weight excluding hydrogens is 296 g/mol. The smallest absolute Gasteiger partial charge is 0.310 e. The molecule has 0 aromatic heterocycles. The number of aryl methyl sites for hydroxylation is 1. The number of phenolic OH excluding ortho intramolecular Hbond substituents is 1. The highest BCUT2D eigenvalue weighted by atomic mass is 16.6. The van der Waals surface area contributed by atoms with Crippen molar-refractivity contribution in [1.29, 1.82) is 0 Å². The van der Waals surface area contributed by atoms with Gasteiger partial charge in [-0.2, -0.15) is 0 Å². The number of aromatic hydroxyl groups is 1. The van der Waals surface area contributed by atoms with Crippen LogP contribution in [0.1, 0.15) is 40.9 Å². The third-order valence-corrected chi connectivity index (χ3v) is 3.63. The van der Waals surface area contributed by atoms with Gasteiger partial charge in [-0.15, -0.1) is 0 Å². The highest BCUT2D eigenvalue weighted by Crippen LogP contribution is 2.26. The minimum Gasteiger partial charge on any atom is -0.502 e. The third-order valence-electron chi connectivity index (χ3n) is 3.63. The number of carbonyl (C=O) groups excluding carboxylic acids is 1. The van der Waals surface area contributed by atoms with Crippen molar-refractivity contribution in [3.8, 4) is 5.75 Å². The summed E-state index contributed by atoms with van der Waals surface area (Å²) in [5.74, 6) is -0.909. The average Bonchev–Trinajstić information content (AvgIpc) is 2.52. The van der Waals surface area contributed by atoms with Crippen LogP contribution in [-0.2, 0) is 0 Å². The van der Waals surface area contributed by atoms with Gasteiger partial charge >= 0.3 is 5.69 Å². The number of amides is 1. The maximum absolute atomic E-state index is 12.3. The maximum Gasteiger partial charge on any atom is 0.310 e. The van der Waals surface area contributed by atoms with Crippen molar-refractivity contribution in [3.63, 3.8) is 0 Å². The Morgan fingerprint density at radius 2 is 1.91 bits per heavy atom. The monoisotopic (exact) mass is 314 g/mol. The molecule has 2 rings (SSSR count). The molecule has 1 amide bonds. The summed E-state index contributed by atoms with van der Waals surface area (Å²) in [6.45, 7) is 3.95. The molecule has 0 aliphatic heterocycles. The molecule has 2 N–H and O–H groups in total. The SMILES string of the molecule is CC[C@H](NC(=O)c1ccc([N+](=O)[O-])c(O)c1)c1ccc(C)cc1. The second-order valence-electron chi connectivity index (χ2n) is 5.31. The number of benzene rings is 2. The number of rotatable bonds is 5. The molecule has 0 radical (unpaired) electrons. The molecule has 0 fully saturated rings. The molecule has 0 unspecified atom stereocenters. The first kappa shape index (κ1) is 16.5. The second-order valence-corrected chi connectivity index (χ2v) is 5.31. The zero-order chi connectivity index (χ0) is 17.0. The van der Waals surface area contributed by atoms with Gasteiger partial charge in [0.15, 0.2) is 5.75 Å². The lowest BCUT2D eigenvalue weighted by Gasteiger charge is -2.18. The summed E-state index contributed by atoms with van der Waals surface area (Å²) in [6, 6.07) is 11.2. The van der Waals surface area contributed by atoms with Crippen LogP contribution in [0.25, 0.3) is 0 Å². The lowest BCUT2D eigenvalue weighted by atomic mass is 10.0. The van der Waals surface area contributed by atoms with Gasteiger partial charge in [-0.3, -0.25) is 14.9 Å². The molecule has 6 heteroatoms. The van der Waals surface area contributed by atoms with E-state index in [0.717, 1.165) is 23.3 Å². The molecule has 0 bridgehead atoms. The number of carbonyl (C=O) groups is 1. The number of nitrogens with one attached hydrogen (secondary N) is 1. The van der Waals surface area contributed by atoms with Crippen LogP contribution < -0.4 is 5.32 Å². The van der Waals surface area contributed by atoms with Crippen molar-refractivity contribution < 1.29 is 14.8 Å². The van der Waals surface area contributed by atoms with Crippen molar-refractivity contribution in [2.75, 3.05) is 0 Å². The number of nitro groups is 1. The number of nitrogens with zero attached hydrogens (tertiary/aromatic N) is 1. The Labute approximate surface area is 133 Å². The van der Waals surface area contributed by atoms with E-state index >= 15 is 0 Å². The average molecular weight is 314 g/mol. The third kappa shape index (κ3) is 3.85. The number of phenols is 1. The number of hydrogen-bond donors (Lipinski definition) is 2. The van der Waals surface area contributed by atoms with Gasteiger partial charge in [0.1, 0.15) is 0 Å². The summed E-state index contributed by atoms with van der Waals surface area (Å²) in [7, 11) is 0. The van der Waals surface area contributed by atoms with E-state index in [4.69, 9.17) is 0 Å². The summed E-state index contributed by atoms with van der Waals surface area (Å²) >= 11 is 0. The quantitative estimate of drug-likeness (QED) is 0.652. The van der Waals surface area contributed by atoms with E-state index < -0.39 is 16.4 Å². The zero-order valence-corrected chi connectivity index (χ0v) is 12.9. The molecule has 0 spiro atoms. The molecular formula is C17H18N2O4.